The average Bonchev–Trinajstić information content (AvgIpc) is 3.48. The molecule has 1 aromatic carbocycles. The average molecular weight is 469 g/mol. The number of benzene rings is 1. The molecule has 0 aliphatic rings. The number of ether oxygens (including phenoxy) is 1. The van der Waals surface area contributed by atoms with E-state index < -0.39 is 0 Å². The van der Waals surface area contributed by atoms with E-state index in [9.17, 15) is 4.79 Å². The Hall–Kier alpha value is -3.59. The van der Waals surface area contributed by atoms with Gasteiger partial charge < -0.3 is 19.0 Å². The van der Waals surface area contributed by atoms with E-state index in [1.54, 1.807) is 36.1 Å². The topological polar surface area (TPSA) is 89.5 Å². The molecule has 0 aliphatic carbocycles. The standard InChI is InChI=1S/C23H25ClN6O3/c1-4-29(16-7-8-18(24)19(14-16)32-3)12-11-28(2)20(31)15-30-22-17(6-5-9-25-22)21(27-30)23-26-10-13-33-23/h5-10,13-14H,4,11-12,15H2,1-3H3. The van der Waals surface area contributed by atoms with Gasteiger partial charge in [-0.3, -0.25) is 4.79 Å². The van der Waals surface area contributed by atoms with Gasteiger partial charge in [0.25, 0.3) is 0 Å². The van der Waals surface area contributed by atoms with Crippen molar-refractivity contribution in [3.63, 3.8) is 0 Å². The third-order valence-electron chi connectivity index (χ3n) is 5.44. The van der Waals surface area contributed by atoms with Gasteiger partial charge in [-0.1, -0.05) is 11.6 Å². The third-order valence-corrected chi connectivity index (χ3v) is 5.75. The summed E-state index contributed by atoms with van der Waals surface area (Å²) in [6.07, 6.45) is 4.73. The Morgan fingerprint density at radius 2 is 2.06 bits per heavy atom. The molecule has 3 aromatic heterocycles. The fourth-order valence-electron chi connectivity index (χ4n) is 3.58. The minimum Gasteiger partial charge on any atom is -0.495 e. The number of fused-ring (bicyclic) bond motifs is 1. The maximum Gasteiger partial charge on any atom is 0.247 e. The number of oxazole rings is 1. The van der Waals surface area contributed by atoms with Gasteiger partial charge in [0.15, 0.2) is 11.3 Å². The highest BCUT2D eigenvalue weighted by Gasteiger charge is 2.19. The molecule has 172 valence electrons. The van der Waals surface area contributed by atoms with E-state index >= 15 is 0 Å². The molecule has 0 atom stereocenters. The highest BCUT2D eigenvalue weighted by Crippen LogP contribution is 2.29. The van der Waals surface area contributed by atoms with Gasteiger partial charge in [-0.05, 0) is 31.2 Å². The van der Waals surface area contributed by atoms with Gasteiger partial charge in [0, 0.05) is 44.6 Å². The molecule has 4 rings (SSSR count). The SMILES string of the molecule is CCN(CCN(C)C(=O)Cn1nc(-c2ncco2)c2cccnc21)c1ccc(Cl)c(OC)c1. The summed E-state index contributed by atoms with van der Waals surface area (Å²) in [6.45, 7) is 4.10. The minimum atomic E-state index is -0.0752. The molecule has 0 fully saturated rings. The van der Waals surface area contributed by atoms with Crippen LogP contribution in [-0.2, 0) is 11.3 Å². The number of methoxy groups -OCH3 is 1. The number of anilines is 1. The Bertz CT molecular complexity index is 1240. The highest BCUT2D eigenvalue weighted by atomic mass is 35.5. The maximum absolute atomic E-state index is 13.0. The molecule has 0 aliphatic heterocycles. The van der Waals surface area contributed by atoms with E-state index in [0.717, 1.165) is 17.6 Å². The van der Waals surface area contributed by atoms with Gasteiger partial charge in [0.1, 0.15) is 18.6 Å². The van der Waals surface area contributed by atoms with Crippen LogP contribution in [0.1, 0.15) is 6.92 Å². The Balaban J connectivity index is 1.45. The molecular weight excluding hydrogens is 444 g/mol. The first-order chi connectivity index (χ1) is 16.0. The molecule has 0 bridgehead atoms. The number of likely N-dealkylation sites (N-methyl/N-ethyl adjacent to an activating group) is 2. The highest BCUT2D eigenvalue weighted by molar-refractivity contribution is 6.32. The molecule has 0 unspecified atom stereocenters. The van der Waals surface area contributed by atoms with Crippen LogP contribution in [0.15, 0.2) is 53.4 Å². The molecule has 0 saturated heterocycles. The molecule has 0 spiro atoms. The fourth-order valence-corrected chi connectivity index (χ4v) is 3.77. The monoisotopic (exact) mass is 468 g/mol. The van der Waals surface area contributed by atoms with Gasteiger partial charge in [-0.2, -0.15) is 5.10 Å². The lowest BCUT2D eigenvalue weighted by Gasteiger charge is -2.27. The number of rotatable bonds is 9. The van der Waals surface area contributed by atoms with Crippen LogP contribution in [0.2, 0.25) is 5.02 Å². The quantitative estimate of drug-likeness (QED) is 0.369. The number of amides is 1. The van der Waals surface area contributed by atoms with Crippen molar-refractivity contribution in [2.45, 2.75) is 13.5 Å². The largest absolute Gasteiger partial charge is 0.495 e. The van der Waals surface area contributed by atoms with E-state index in [1.165, 1.54) is 6.26 Å². The van der Waals surface area contributed by atoms with Gasteiger partial charge in [0.2, 0.25) is 11.8 Å². The summed E-state index contributed by atoms with van der Waals surface area (Å²) in [4.78, 5) is 25.4. The van der Waals surface area contributed by atoms with E-state index in [2.05, 4.69) is 26.9 Å². The molecule has 0 radical (unpaired) electrons. The van der Waals surface area contributed by atoms with Gasteiger partial charge in [-0.15, -0.1) is 0 Å². The lowest BCUT2D eigenvalue weighted by Crippen LogP contribution is -2.38. The number of carbonyl (C=O) groups is 1. The number of halogens is 1. The molecule has 4 aromatic rings. The number of nitrogens with zero attached hydrogens (tertiary/aromatic N) is 6. The van der Waals surface area contributed by atoms with Crippen molar-refractivity contribution >= 4 is 34.2 Å². The summed E-state index contributed by atoms with van der Waals surface area (Å²) in [5, 5.41) is 5.90. The Morgan fingerprint density at radius 1 is 1.21 bits per heavy atom. The van der Waals surface area contributed by atoms with Crippen molar-refractivity contribution in [3.8, 4) is 17.3 Å². The van der Waals surface area contributed by atoms with Crippen molar-refractivity contribution in [1.82, 2.24) is 24.6 Å². The van der Waals surface area contributed by atoms with E-state index in [4.69, 9.17) is 20.8 Å². The zero-order valence-electron chi connectivity index (χ0n) is 18.7. The van der Waals surface area contributed by atoms with Crippen molar-refractivity contribution in [3.05, 3.63) is 54.0 Å². The second-order valence-electron chi connectivity index (χ2n) is 7.43. The maximum atomic E-state index is 13.0. The molecule has 0 saturated carbocycles. The number of pyridine rings is 1. The van der Waals surface area contributed by atoms with Crippen LogP contribution in [-0.4, -0.2) is 64.3 Å². The predicted molar refractivity (Wildman–Crippen MR) is 127 cm³/mol. The Labute approximate surface area is 196 Å². The van der Waals surface area contributed by atoms with E-state index in [0.29, 0.717) is 41.1 Å². The molecular formula is C23H25ClN6O3. The van der Waals surface area contributed by atoms with Crippen LogP contribution in [0.3, 0.4) is 0 Å². The molecule has 1 amide bonds. The van der Waals surface area contributed by atoms with Crippen LogP contribution in [0.5, 0.6) is 5.75 Å². The van der Waals surface area contributed by atoms with Gasteiger partial charge in [-0.25, -0.2) is 14.6 Å². The summed E-state index contributed by atoms with van der Waals surface area (Å²) in [6, 6.07) is 9.37. The molecule has 3 heterocycles. The number of hydrogen-bond acceptors (Lipinski definition) is 7. The number of carbonyl (C=O) groups excluding carboxylic acids is 1. The van der Waals surface area contributed by atoms with Crippen LogP contribution in [0.4, 0.5) is 5.69 Å². The first-order valence-corrected chi connectivity index (χ1v) is 10.9. The van der Waals surface area contributed by atoms with Crippen LogP contribution >= 0.6 is 11.6 Å². The Kier molecular flexibility index (Phi) is 6.79. The predicted octanol–water partition coefficient (Wildman–Crippen LogP) is 3.73. The second-order valence-corrected chi connectivity index (χ2v) is 7.84. The first-order valence-electron chi connectivity index (χ1n) is 10.6. The smallest absolute Gasteiger partial charge is 0.247 e. The van der Waals surface area contributed by atoms with Gasteiger partial charge in [0.05, 0.1) is 23.7 Å². The van der Waals surface area contributed by atoms with Crippen molar-refractivity contribution in [2.75, 3.05) is 38.7 Å². The number of aromatic nitrogens is 4. The van der Waals surface area contributed by atoms with E-state index in [-0.39, 0.29) is 12.5 Å². The summed E-state index contributed by atoms with van der Waals surface area (Å²) >= 11 is 6.15. The fraction of sp³-hybridized carbons (Fsp3) is 0.304. The van der Waals surface area contributed by atoms with Crippen LogP contribution < -0.4 is 9.64 Å². The van der Waals surface area contributed by atoms with Crippen molar-refractivity contribution in [2.24, 2.45) is 0 Å². The molecule has 9 nitrogen and oxygen atoms in total. The third kappa shape index (κ3) is 4.78. The lowest BCUT2D eigenvalue weighted by atomic mass is 10.2. The zero-order valence-corrected chi connectivity index (χ0v) is 19.5. The summed E-state index contributed by atoms with van der Waals surface area (Å²) in [5.41, 5.74) is 2.15. The number of hydrogen-bond donors (Lipinski definition) is 0. The molecule has 33 heavy (non-hydrogen) atoms. The summed E-state index contributed by atoms with van der Waals surface area (Å²) < 4.78 is 12.3. The minimum absolute atomic E-state index is 0.0611. The van der Waals surface area contributed by atoms with Crippen LogP contribution in [0.25, 0.3) is 22.6 Å². The van der Waals surface area contributed by atoms with Gasteiger partial charge >= 0.3 is 0 Å². The lowest BCUT2D eigenvalue weighted by molar-refractivity contribution is -0.130. The second kappa shape index (κ2) is 9.91. The Morgan fingerprint density at radius 3 is 2.79 bits per heavy atom. The molecule has 10 heteroatoms. The normalized spacial score (nSPS) is 11.0. The van der Waals surface area contributed by atoms with Crippen molar-refractivity contribution < 1.29 is 13.9 Å². The zero-order chi connectivity index (χ0) is 23.4. The summed E-state index contributed by atoms with van der Waals surface area (Å²) in [7, 11) is 3.38. The van der Waals surface area contributed by atoms with Crippen molar-refractivity contribution in [1.29, 1.82) is 0 Å². The van der Waals surface area contributed by atoms with E-state index in [1.807, 2.05) is 30.3 Å². The molecule has 0 N–H and O–H groups in total. The summed E-state index contributed by atoms with van der Waals surface area (Å²) in [5.74, 6) is 0.940. The first kappa shape index (κ1) is 22.6. The van der Waals surface area contributed by atoms with Crippen LogP contribution in [0, 0.1) is 0 Å².